The summed E-state index contributed by atoms with van der Waals surface area (Å²) in [6.45, 7) is 2.09. The van der Waals surface area contributed by atoms with Crippen LogP contribution in [-0.2, 0) is 20.8 Å². The van der Waals surface area contributed by atoms with Gasteiger partial charge in [0.2, 0.25) is 5.91 Å². The summed E-state index contributed by atoms with van der Waals surface area (Å²) >= 11 is 1.13. The maximum atomic E-state index is 13.0. The monoisotopic (exact) mass is 421 g/mol. The van der Waals surface area contributed by atoms with Crippen molar-refractivity contribution in [2.75, 3.05) is 27.4 Å². The Hall–Kier alpha value is -2.26. The number of likely N-dealkylation sites (N-methyl/N-ethyl adjacent to an activating group) is 1. The van der Waals surface area contributed by atoms with Gasteiger partial charge >= 0.3 is 5.97 Å². The standard InChI is InChI=1S/C20H27N3O5S/c1-13-16-18(29-17(13)20(26)28-10-9-27-3)21-12-23(19(16)25)11-15(24)22(2)14-7-5-4-6-8-14/h12,14H,4-11H2,1-3H3. The molecule has 0 atom stereocenters. The molecule has 0 bridgehead atoms. The second-order valence-electron chi connectivity index (χ2n) is 7.34. The number of ether oxygens (including phenoxy) is 2. The fourth-order valence-corrected chi connectivity index (χ4v) is 4.71. The fourth-order valence-electron chi connectivity index (χ4n) is 3.68. The van der Waals surface area contributed by atoms with Gasteiger partial charge in [0.05, 0.1) is 18.3 Å². The van der Waals surface area contributed by atoms with E-state index in [1.165, 1.54) is 24.4 Å². The molecule has 1 saturated carbocycles. The minimum atomic E-state index is -0.499. The quantitative estimate of drug-likeness (QED) is 0.504. The van der Waals surface area contributed by atoms with E-state index in [-0.39, 0.29) is 30.7 Å². The summed E-state index contributed by atoms with van der Waals surface area (Å²) in [4.78, 5) is 44.8. The number of hydrogen-bond donors (Lipinski definition) is 0. The third kappa shape index (κ3) is 4.67. The highest BCUT2D eigenvalue weighted by Gasteiger charge is 2.24. The van der Waals surface area contributed by atoms with Gasteiger partial charge in [-0.3, -0.25) is 14.2 Å². The highest BCUT2D eigenvalue weighted by molar-refractivity contribution is 7.20. The zero-order chi connectivity index (χ0) is 21.0. The smallest absolute Gasteiger partial charge is 0.348 e. The molecule has 0 saturated heterocycles. The van der Waals surface area contributed by atoms with Gasteiger partial charge in [0.15, 0.2) is 0 Å². The number of carbonyl (C=O) groups excluding carboxylic acids is 2. The van der Waals surface area contributed by atoms with Gasteiger partial charge in [-0.25, -0.2) is 9.78 Å². The van der Waals surface area contributed by atoms with Crippen LogP contribution in [-0.4, -0.2) is 59.7 Å². The number of hydrogen-bond acceptors (Lipinski definition) is 7. The van der Waals surface area contributed by atoms with E-state index in [4.69, 9.17) is 9.47 Å². The third-order valence-electron chi connectivity index (χ3n) is 5.44. The van der Waals surface area contributed by atoms with E-state index in [0.717, 1.165) is 37.0 Å². The predicted octanol–water partition coefficient (Wildman–Crippen LogP) is 2.36. The fraction of sp³-hybridized carbons (Fsp3) is 0.600. The Balaban J connectivity index is 1.80. The van der Waals surface area contributed by atoms with Crippen molar-refractivity contribution in [1.82, 2.24) is 14.5 Å². The lowest BCUT2D eigenvalue weighted by molar-refractivity contribution is -0.133. The van der Waals surface area contributed by atoms with E-state index in [0.29, 0.717) is 27.3 Å². The molecule has 0 spiro atoms. The SMILES string of the molecule is COCCOC(=O)c1sc2ncn(CC(=O)N(C)C3CCCCC3)c(=O)c2c1C. The lowest BCUT2D eigenvalue weighted by atomic mass is 9.94. The number of amides is 1. The largest absolute Gasteiger partial charge is 0.459 e. The third-order valence-corrected chi connectivity index (χ3v) is 6.62. The summed E-state index contributed by atoms with van der Waals surface area (Å²) < 4.78 is 11.4. The average molecular weight is 422 g/mol. The normalized spacial score (nSPS) is 14.9. The average Bonchev–Trinajstić information content (AvgIpc) is 3.07. The first-order valence-electron chi connectivity index (χ1n) is 9.84. The molecule has 2 aromatic rings. The van der Waals surface area contributed by atoms with Crippen LogP contribution in [0.4, 0.5) is 0 Å². The van der Waals surface area contributed by atoms with Crippen molar-refractivity contribution in [3.63, 3.8) is 0 Å². The van der Waals surface area contributed by atoms with Crippen LogP contribution >= 0.6 is 11.3 Å². The first kappa shape index (κ1) is 21.4. The molecule has 2 heterocycles. The minimum Gasteiger partial charge on any atom is -0.459 e. The number of rotatable bonds is 7. The molecule has 9 heteroatoms. The van der Waals surface area contributed by atoms with E-state index in [1.807, 2.05) is 0 Å². The topological polar surface area (TPSA) is 90.7 Å². The van der Waals surface area contributed by atoms with Crippen molar-refractivity contribution in [2.24, 2.45) is 0 Å². The van der Waals surface area contributed by atoms with Gasteiger partial charge in [0.1, 0.15) is 22.9 Å². The van der Waals surface area contributed by atoms with Crippen molar-refractivity contribution in [2.45, 2.75) is 51.6 Å². The number of esters is 1. The van der Waals surface area contributed by atoms with E-state index in [1.54, 1.807) is 18.9 Å². The highest BCUT2D eigenvalue weighted by atomic mass is 32.1. The minimum absolute atomic E-state index is 0.0579. The Labute approximate surface area is 173 Å². The maximum absolute atomic E-state index is 13.0. The lowest BCUT2D eigenvalue weighted by Crippen LogP contribution is -2.41. The highest BCUT2D eigenvalue weighted by Crippen LogP contribution is 2.27. The number of fused-ring (bicyclic) bond motifs is 1. The number of methoxy groups -OCH3 is 1. The predicted molar refractivity (Wildman–Crippen MR) is 110 cm³/mol. The molecule has 0 aliphatic heterocycles. The van der Waals surface area contributed by atoms with Crippen molar-refractivity contribution in [3.8, 4) is 0 Å². The Morgan fingerprint density at radius 3 is 2.69 bits per heavy atom. The Bertz CT molecular complexity index is 945. The van der Waals surface area contributed by atoms with Gasteiger partial charge in [0, 0.05) is 20.2 Å². The summed E-state index contributed by atoms with van der Waals surface area (Å²) in [5, 5.41) is 0.365. The summed E-state index contributed by atoms with van der Waals surface area (Å²) in [5.41, 5.74) is 0.220. The van der Waals surface area contributed by atoms with Gasteiger partial charge in [-0.2, -0.15) is 0 Å². The Kier molecular flexibility index (Phi) is 7.02. The summed E-state index contributed by atoms with van der Waals surface area (Å²) in [7, 11) is 3.33. The maximum Gasteiger partial charge on any atom is 0.348 e. The number of aryl methyl sites for hydroxylation is 1. The summed E-state index contributed by atoms with van der Waals surface area (Å²) in [6.07, 6.45) is 6.87. The van der Waals surface area contributed by atoms with E-state index >= 15 is 0 Å². The van der Waals surface area contributed by atoms with Gasteiger partial charge in [-0.05, 0) is 25.3 Å². The van der Waals surface area contributed by atoms with Crippen molar-refractivity contribution < 1.29 is 19.1 Å². The molecule has 1 fully saturated rings. The number of thiophene rings is 1. The van der Waals surface area contributed by atoms with E-state index in [2.05, 4.69) is 4.98 Å². The summed E-state index contributed by atoms with van der Waals surface area (Å²) in [5.74, 6) is -0.603. The van der Waals surface area contributed by atoms with E-state index in [9.17, 15) is 14.4 Å². The first-order chi connectivity index (χ1) is 13.9. The zero-order valence-electron chi connectivity index (χ0n) is 17.1. The van der Waals surface area contributed by atoms with Gasteiger partial charge in [0.25, 0.3) is 5.56 Å². The van der Waals surface area contributed by atoms with Crippen LogP contribution in [0.5, 0.6) is 0 Å². The Morgan fingerprint density at radius 2 is 2.00 bits per heavy atom. The van der Waals surface area contributed by atoms with Crippen LogP contribution in [0.3, 0.4) is 0 Å². The molecular formula is C20H27N3O5S. The molecule has 0 unspecified atom stereocenters. The molecular weight excluding hydrogens is 394 g/mol. The van der Waals surface area contributed by atoms with Crippen LogP contribution in [0, 0.1) is 6.92 Å². The van der Waals surface area contributed by atoms with Crippen LogP contribution < -0.4 is 5.56 Å². The van der Waals surface area contributed by atoms with Crippen LogP contribution in [0.1, 0.15) is 47.3 Å². The molecule has 0 N–H and O–H groups in total. The molecule has 29 heavy (non-hydrogen) atoms. The second-order valence-corrected chi connectivity index (χ2v) is 8.34. The number of nitrogens with zero attached hydrogens (tertiary/aromatic N) is 3. The molecule has 158 valence electrons. The molecule has 3 rings (SSSR count). The number of carbonyl (C=O) groups is 2. The molecule has 8 nitrogen and oxygen atoms in total. The van der Waals surface area contributed by atoms with E-state index < -0.39 is 5.97 Å². The van der Waals surface area contributed by atoms with Crippen LogP contribution in [0.15, 0.2) is 11.1 Å². The lowest BCUT2D eigenvalue weighted by Gasteiger charge is -2.31. The molecule has 1 aliphatic carbocycles. The van der Waals surface area contributed by atoms with Gasteiger partial charge < -0.3 is 14.4 Å². The zero-order valence-corrected chi connectivity index (χ0v) is 17.9. The molecule has 0 aromatic carbocycles. The summed E-state index contributed by atoms with van der Waals surface area (Å²) in [6, 6.07) is 0.236. The number of aromatic nitrogens is 2. The Morgan fingerprint density at radius 1 is 1.28 bits per heavy atom. The van der Waals surface area contributed by atoms with Crippen LogP contribution in [0.2, 0.25) is 0 Å². The van der Waals surface area contributed by atoms with Crippen molar-refractivity contribution in [1.29, 1.82) is 0 Å². The van der Waals surface area contributed by atoms with Gasteiger partial charge in [-0.15, -0.1) is 11.3 Å². The van der Waals surface area contributed by atoms with Crippen molar-refractivity contribution in [3.05, 3.63) is 27.1 Å². The first-order valence-corrected chi connectivity index (χ1v) is 10.7. The molecule has 0 radical (unpaired) electrons. The molecule has 1 aliphatic rings. The second kappa shape index (κ2) is 9.49. The van der Waals surface area contributed by atoms with Crippen LogP contribution in [0.25, 0.3) is 10.2 Å². The molecule has 2 aromatic heterocycles. The van der Waals surface area contributed by atoms with Crippen molar-refractivity contribution >= 4 is 33.4 Å². The van der Waals surface area contributed by atoms with Gasteiger partial charge in [-0.1, -0.05) is 19.3 Å². The molecule has 1 amide bonds.